The topological polar surface area (TPSA) is 32.3 Å². The number of likely N-dealkylation sites (tertiary alicyclic amines) is 1. The normalized spacial score (nSPS) is 34.1. The van der Waals surface area contributed by atoms with Crippen LogP contribution in [-0.4, -0.2) is 36.5 Å². The van der Waals surface area contributed by atoms with E-state index < -0.39 is 0 Å². The molecule has 0 aromatic rings. The average Bonchev–Trinajstić information content (AvgIpc) is 2.39. The van der Waals surface area contributed by atoms with Crippen LogP contribution in [0.5, 0.6) is 0 Å². The first-order valence-corrected chi connectivity index (χ1v) is 7.63. The summed E-state index contributed by atoms with van der Waals surface area (Å²) in [6, 6.07) is 0.566. The van der Waals surface area contributed by atoms with Crippen LogP contribution in [-0.2, 0) is 4.79 Å². The van der Waals surface area contributed by atoms with Gasteiger partial charge in [0.15, 0.2) is 0 Å². The molecule has 0 spiro atoms. The van der Waals surface area contributed by atoms with E-state index in [4.69, 9.17) is 0 Å². The lowest BCUT2D eigenvalue weighted by molar-refractivity contribution is -0.141. The van der Waals surface area contributed by atoms with Gasteiger partial charge in [0.2, 0.25) is 5.91 Å². The van der Waals surface area contributed by atoms with Gasteiger partial charge in [-0.25, -0.2) is 0 Å². The Morgan fingerprint density at radius 3 is 2.56 bits per heavy atom. The molecule has 1 heterocycles. The lowest BCUT2D eigenvalue weighted by Gasteiger charge is -2.45. The molecule has 2 aliphatic rings. The molecule has 1 N–H and O–H groups in total. The van der Waals surface area contributed by atoms with E-state index in [9.17, 15) is 4.79 Å². The van der Waals surface area contributed by atoms with Gasteiger partial charge < -0.3 is 10.2 Å². The number of rotatable bonds is 3. The first-order valence-electron chi connectivity index (χ1n) is 7.63. The third-order valence-electron chi connectivity index (χ3n) is 4.86. The van der Waals surface area contributed by atoms with Crippen LogP contribution in [0, 0.1) is 11.8 Å². The second-order valence-corrected chi connectivity index (χ2v) is 6.27. The molecule has 1 aliphatic heterocycles. The van der Waals surface area contributed by atoms with Crippen molar-refractivity contribution in [2.75, 3.05) is 13.6 Å². The van der Waals surface area contributed by atoms with E-state index in [-0.39, 0.29) is 6.04 Å². The smallest absolute Gasteiger partial charge is 0.239 e. The van der Waals surface area contributed by atoms with Gasteiger partial charge in [0.1, 0.15) is 0 Å². The molecular weight excluding hydrogens is 224 g/mol. The summed E-state index contributed by atoms with van der Waals surface area (Å²) in [4.78, 5) is 14.7. The maximum atomic E-state index is 12.5. The number of carbonyl (C=O) groups is 1. The number of hydrogen-bond donors (Lipinski definition) is 1. The lowest BCUT2D eigenvalue weighted by Crippen LogP contribution is -2.56. The zero-order chi connectivity index (χ0) is 13.1. The predicted molar refractivity (Wildman–Crippen MR) is 74.4 cm³/mol. The van der Waals surface area contributed by atoms with Crippen molar-refractivity contribution in [2.24, 2.45) is 11.8 Å². The summed E-state index contributed by atoms with van der Waals surface area (Å²) >= 11 is 0. The fourth-order valence-electron chi connectivity index (χ4n) is 3.80. The maximum absolute atomic E-state index is 12.5. The Morgan fingerprint density at radius 1 is 1.17 bits per heavy atom. The molecule has 2 fully saturated rings. The van der Waals surface area contributed by atoms with Crippen LogP contribution >= 0.6 is 0 Å². The maximum Gasteiger partial charge on any atom is 0.239 e. The lowest BCUT2D eigenvalue weighted by atomic mass is 9.76. The number of hydrogen-bond acceptors (Lipinski definition) is 2. The number of carbonyl (C=O) groups excluding carboxylic acids is 1. The fraction of sp³-hybridized carbons (Fsp3) is 0.933. The largest absolute Gasteiger partial charge is 0.338 e. The number of nitrogens with zero attached hydrogens (tertiary/aromatic N) is 1. The van der Waals surface area contributed by atoms with Crippen LogP contribution in [0.1, 0.15) is 52.4 Å². The van der Waals surface area contributed by atoms with Crippen LogP contribution in [0.25, 0.3) is 0 Å². The molecule has 0 aromatic heterocycles. The molecule has 0 radical (unpaired) electrons. The highest BCUT2D eigenvalue weighted by atomic mass is 16.2. The quantitative estimate of drug-likeness (QED) is 0.836. The number of amides is 1. The number of likely N-dealkylation sites (N-methyl/N-ethyl adjacent to an activating group) is 1. The molecular formula is C15H28N2O. The van der Waals surface area contributed by atoms with Gasteiger partial charge in [-0.2, -0.15) is 0 Å². The Labute approximate surface area is 111 Å². The summed E-state index contributed by atoms with van der Waals surface area (Å²) in [5.74, 6) is 1.75. The van der Waals surface area contributed by atoms with Crippen molar-refractivity contribution in [2.45, 2.75) is 64.5 Å². The van der Waals surface area contributed by atoms with Crippen molar-refractivity contribution in [3.63, 3.8) is 0 Å². The van der Waals surface area contributed by atoms with Gasteiger partial charge in [-0.1, -0.05) is 26.7 Å². The van der Waals surface area contributed by atoms with E-state index >= 15 is 0 Å². The Morgan fingerprint density at radius 2 is 1.89 bits per heavy atom. The second kappa shape index (κ2) is 6.05. The molecule has 0 aromatic carbocycles. The van der Waals surface area contributed by atoms with Gasteiger partial charge in [-0.05, 0) is 44.6 Å². The van der Waals surface area contributed by atoms with Crippen molar-refractivity contribution in [3.05, 3.63) is 0 Å². The standard InChI is InChI=1S/C15H28N2O/c1-11(2)12-7-4-5-9-14(12)17-10-6-8-13(16-3)15(17)18/h11-14,16H,4-10H2,1-3H3. The fourth-order valence-corrected chi connectivity index (χ4v) is 3.80. The molecule has 1 saturated carbocycles. The van der Waals surface area contributed by atoms with Crippen molar-refractivity contribution in [1.29, 1.82) is 0 Å². The minimum Gasteiger partial charge on any atom is -0.338 e. The van der Waals surface area contributed by atoms with E-state index in [1.54, 1.807) is 0 Å². The van der Waals surface area contributed by atoms with E-state index in [0.717, 1.165) is 19.4 Å². The van der Waals surface area contributed by atoms with Crippen molar-refractivity contribution in [1.82, 2.24) is 10.2 Å². The van der Waals surface area contributed by atoms with Crippen LogP contribution < -0.4 is 5.32 Å². The molecule has 1 amide bonds. The minimum atomic E-state index is 0.0634. The third kappa shape index (κ3) is 2.71. The van der Waals surface area contributed by atoms with Crippen molar-refractivity contribution < 1.29 is 4.79 Å². The Kier molecular flexibility index (Phi) is 4.66. The molecule has 0 bridgehead atoms. The first-order chi connectivity index (χ1) is 8.65. The highest BCUT2D eigenvalue weighted by Crippen LogP contribution is 2.35. The molecule has 1 saturated heterocycles. The zero-order valence-corrected chi connectivity index (χ0v) is 12.1. The summed E-state index contributed by atoms with van der Waals surface area (Å²) in [5.41, 5.74) is 0. The zero-order valence-electron chi connectivity index (χ0n) is 12.1. The van der Waals surface area contributed by atoms with E-state index in [1.807, 2.05) is 7.05 Å². The SMILES string of the molecule is CNC1CCCN(C2CCCCC2C(C)C)C1=O. The van der Waals surface area contributed by atoms with Crippen LogP contribution in [0.4, 0.5) is 0 Å². The average molecular weight is 252 g/mol. The van der Waals surface area contributed by atoms with Crippen molar-refractivity contribution in [3.8, 4) is 0 Å². The van der Waals surface area contributed by atoms with E-state index in [2.05, 4.69) is 24.1 Å². The summed E-state index contributed by atoms with van der Waals surface area (Å²) in [7, 11) is 1.91. The van der Waals surface area contributed by atoms with Crippen LogP contribution in [0.3, 0.4) is 0 Å². The van der Waals surface area contributed by atoms with Gasteiger partial charge in [-0.15, -0.1) is 0 Å². The van der Waals surface area contributed by atoms with Crippen LogP contribution in [0.15, 0.2) is 0 Å². The van der Waals surface area contributed by atoms with Gasteiger partial charge in [0.05, 0.1) is 6.04 Å². The summed E-state index contributed by atoms with van der Waals surface area (Å²) in [6.45, 7) is 5.60. The molecule has 3 heteroatoms. The first kappa shape index (κ1) is 13.9. The molecule has 3 nitrogen and oxygen atoms in total. The van der Waals surface area contributed by atoms with Gasteiger partial charge in [-0.3, -0.25) is 4.79 Å². The number of nitrogens with one attached hydrogen (secondary N) is 1. The van der Waals surface area contributed by atoms with Gasteiger partial charge in [0.25, 0.3) is 0 Å². The second-order valence-electron chi connectivity index (χ2n) is 6.27. The highest BCUT2D eigenvalue weighted by molar-refractivity contribution is 5.83. The molecule has 3 unspecified atom stereocenters. The molecule has 2 rings (SSSR count). The van der Waals surface area contributed by atoms with Crippen molar-refractivity contribution >= 4 is 5.91 Å². The molecule has 3 atom stereocenters. The van der Waals surface area contributed by atoms with Crippen LogP contribution in [0.2, 0.25) is 0 Å². The van der Waals surface area contributed by atoms with E-state index in [0.29, 0.717) is 23.8 Å². The summed E-state index contributed by atoms with van der Waals surface area (Å²) < 4.78 is 0. The third-order valence-corrected chi connectivity index (χ3v) is 4.86. The summed E-state index contributed by atoms with van der Waals surface area (Å²) in [5, 5.41) is 3.18. The summed E-state index contributed by atoms with van der Waals surface area (Å²) in [6.07, 6.45) is 7.31. The Hall–Kier alpha value is -0.570. The Balaban J connectivity index is 2.10. The monoisotopic (exact) mass is 252 g/mol. The molecule has 104 valence electrons. The molecule has 18 heavy (non-hydrogen) atoms. The minimum absolute atomic E-state index is 0.0634. The highest BCUT2D eigenvalue weighted by Gasteiger charge is 2.38. The van der Waals surface area contributed by atoms with Gasteiger partial charge in [0, 0.05) is 12.6 Å². The number of piperidine rings is 1. The Bertz CT molecular complexity index is 290. The van der Waals surface area contributed by atoms with Gasteiger partial charge >= 0.3 is 0 Å². The molecule has 1 aliphatic carbocycles. The predicted octanol–water partition coefficient (Wildman–Crippen LogP) is 2.41. The van der Waals surface area contributed by atoms with E-state index in [1.165, 1.54) is 25.7 Å².